The van der Waals surface area contributed by atoms with Gasteiger partial charge in [-0.15, -0.1) is 0 Å². The smallest absolute Gasteiger partial charge is 0.223 e. The fourth-order valence-corrected chi connectivity index (χ4v) is 5.29. The molecule has 152 valence electrons. The second kappa shape index (κ2) is 6.08. The number of rotatable bonds is 2. The van der Waals surface area contributed by atoms with E-state index in [0.29, 0.717) is 18.4 Å². The molecule has 3 aliphatic heterocycles. The average Bonchev–Trinajstić information content (AvgIpc) is 3.06. The van der Waals surface area contributed by atoms with Crippen molar-refractivity contribution in [3.8, 4) is 0 Å². The van der Waals surface area contributed by atoms with Gasteiger partial charge in [0.15, 0.2) is 5.84 Å². The molecular weight excluding hydrogens is 366 g/mol. The molecule has 0 aromatic carbocycles. The Morgan fingerprint density at radius 1 is 1.17 bits per heavy atom. The quantitative estimate of drug-likeness (QED) is 0.771. The highest BCUT2D eigenvalue weighted by Gasteiger charge is 2.74. The van der Waals surface area contributed by atoms with Crippen molar-refractivity contribution in [2.75, 3.05) is 19.7 Å². The molecule has 0 amide bonds. The van der Waals surface area contributed by atoms with Crippen LogP contribution in [0.15, 0.2) is 32.4 Å². The van der Waals surface area contributed by atoms with E-state index in [1.165, 1.54) is 19.3 Å². The molecule has 6 rings (SSSR count). The van der Waals surface area contributed by atoms with E-state index in [9.17, 15) is 0 Å². The van der Waals surface area contributed by atoms with Gasteiger partial charge in [0.05, 0.1) is 36.8 Å². The molecule has 1 spiro atoms. The first-order valence-corrected chi connectivity index (χ1v) is 10.7. The summed E-state index contributed by atoms with van der Waals surface area (Å²) >= 11 is 0. The Kier molecular flexibility index (Phi) is 3.67. The number of aryl methyl sites for hydroxylation is 1. The number of hydrogen-bond acceptors (Lipinski definition) is 7. The zero-order valence-corrected chi connectivity index (χ0v) is 17.2. The third kappa shape index (κ3) is 2.51. The molecule has 1 saturated heterocycles. The minimum Gasteiger partial charge on any atom is -0.370 e. The number of aromatic nitrogens is 2. The van der Waals surface area contributed by atoms with Crippen LogP contribution in [0.1, 0.15) is 44.8 Å². The van der Waals surface area contributed by atoms with Gasteiger partial charge in [0, 0.05) is 31.3 Å². The van der Waals surface area contributed by atoms with Crippen LogP contribution in [0.25, 0.3) is 0 Å². The summed E-state index contributed by atoms with van der Waals surface area (Å²) < 4.78 is 7.83. The van der Waals surface area contributed by atoms with Crippen molar-refractivity contribution < 1.29 is 4.74 Å². The van der Waals surface area contributed by atoms with Crippen molar-refractivity contribution in [1.29, 1.82) is 0 Å². The molecule has 1 aromatic heterocycles. The summed E-state index contributed by atoms with van der Waals surface area (Å²) in [6.07, 6.45) is 7.80. The van der Waals surface area contributed by atoms with E-state index in [1.54, 1.807) is 0 Å². The largest absolute Gasteiger partial charge is 0.370 e. The van der Waals surface area contributed by atoms with E-state index < -0.39 is 0 Å². The van der Waals surface area contributed by atoms with E-state index in [1.807, 2.05) is 31.0 Å². The van der Waals surface area contributed by atoms with Gasteiger partial charge in [0.1, 0.15) is 11.6 Å². The zero-order chi connectivity index (χ0) is 19.8. The van der Waals surface area contributed by atoms with Gasteiger partial charge >= 0.3 is 0 Å². The Morgan fingerprint density at radius 2 is 2.03 bits per heavy atom. The summed E-state index contributed by atoms with van der Waals surface area (Å²) in [5, 5.41) is 4.29. The molecule has 2 aliphatic carbocycles. The van der Waals surface area contributed by atoms with E-state index in [2.05, 4.69) is 16.9 Å². The molecule has 4 heterocycles. The third-order valence-electron chi connectivity index (χ3n) is 7.26. The fraction of sp³-hybridized carbons (Fsp3) is 0.667. The van der Waals surface area contributed by atoms with Crippen LogP contribution in [0.5, 0.6) is 0 Å². The molecule has 3 fully saturated rings. The van der Waals surface area contributed by atoms with Crippen molar-refractivity contribution in [1.82, 2.24) is 14.7 Å². The Balaban J connectivity index is 1.31. The van der Waals surface area contributed by atoms with Crippen LogP contribution in [0.2, 0.25) is 0 Å². The van der Waals surface area contributed by atoms with E-state index in [-0.39, 0.29) is 17.7 Å². The number of aliphatic imine (C=N–C) groups is 4. The van der Waals surface area contributed by atoms with Crippen molar-refractivity contribution in [3.63, 3.8) is 0 Å². The highest BCUT2D eigenvalue weighted by molar-refractivity contribution is 6.44. The first-order chi connectivity index (χ1) is 14.1. The molecule has 4 atom stereocenters. The van der Waals surface area contributed by atoms with Crippen LogP contribution in [0, 0.1) is 11.8 Å². The number of nitrogens with zero attached hydrogens (tertiary/aromatic N) is 7. The highest BCUT2D eigenvalue weighted by atomic mass is 16.5. The lowest BCUT2D eigenvalue weighted by molar-refractivity contribution is -0.00741. The van der Waals surface area contributed by atoms with Gasteiger partial charge in [0.25, 0.3) is 0 Å². The predicted octanol–water partition coefficient (Wildman–Crippen LogP) is 2.03. The van der Waals surface area contributed by atoms with Gasteiger partial charge in [0.2, 0.25) is 5.96 Å². The summed E-state index contributed by atoms with van der Waals surface area (Å²) in [5.41, 5.74) is 2.83. The molecular formula is C21H27N7O. The maximum Gasteiger partial charge on any atom is 0.223 e. The predicted molar refractivity (Wildman–Crippen MR) is 112 cm³/mol. The third-order valence-corrected chi connectivity index (χ3v) is 7.26. The molecule has 2 saturated carbocycles. The molecule has 29 heavy (non-hydrogen) atoms. The lowest BCUT2D eigenvalue weighted by Crippen LogP contribution is -2.45. The Hall–Kier alpha value is -2.35. The van der Waals surface area contributed by atoms with Crippen molar-refractivity contribution in [2.24, 2.45) is 38.9 Å². The van der Waals surface area contributed by atoms with Crippen LogP contribution < -0.4 is 0 Å². The molecule has 0 N–H and O–H groups in total. The molecule has 1 aromatic rings. The minimum atomic E-state index is -0.285. The van der Waals surface area contributed by atoms with E-state index >= 15 is 0 Å². The van der Waals surface area contributed by atoms with Gasteiger partial charge in [-0.2, -0.15) is 10.1 Å². The number of amidine groups is 1. The van der Waals surface area contributed by atoms with Gasteiger partial charge in [-0.25, -0.2) is 9.98 Å². The van der Waals surface area contributed by atoms with Crippen LogP contribution >= 0.6 is 0 Å². The lowest BCUT2D eigenvalue weighted by atomic mass is 9.79. The maximum atomic E-state index is 6.01. The van der Waals surface area contributed by atoms with Crippen LogP contribution in [0.4, 0.5) is 0 Å². The molecule has 0 radical (unpaired) electrons. The van der Waals surface area contributed by atoms with Gasteiger partial charge < -0.3 is 9.64 Å². The van der Waals surface area contributed by atoms with E-state index in [4.69, 9.17) is 24.7 Å². The second-order valence-electron chi connectivity index (χ2n) is 9.00. The van der Waals surface area contributed by atoms with E-state index in [0.717, 1.165) is 41.9 Å². The summed E-state index contributed by atoms with van der Waals surface area (Å²) in [7, 11) is 1.93. The van der Waals surface area contributed by atoms with Crippen LogP contribution in [-0.2, 0) is 11.8 Å². The van der Waals surface area contributed by atoms with Crippen LogP contribution in [-0.4, -0.2) is 69.2 Å². The molecule has 8 heteroatoms. The SMILES string of the molecule is CC1=NC2=NC(N3CCO[C@H](c4cnn(C)c4)C3)=NC3C(C4CCC4)C23N=C1C. The minimum absolute atomic E-state index is 0.00877. The Bertz CT molecular complexity index is 985. The first kappa shape index (κ1) is 17.5. The standard InChI is InChI=1S/C21H27N7O/c1-12-13(2)26-21-17(14-5-4-6-14)18(21)24-20(25-19(21)23-12)28-7-8-29-16(11-28)15-9-22-27(3)10-15/h9-10,14,16-18H,4-8,11H2,1-3H3/t16-,17?,18?,21?/m0/s1. The second-order valence-corrected chi connectivity index (χ2v) is 9.00. The highest BCUT2D eigenvalue weighted by Crippen LogP contribution is 2.61. The van der Waals surface area contributed by atoms with Crippen LogP contribution in [0.3, 0.4) is 0 Å². The van der Waals surface area contributed by atoms with Gasteiger partial charge in [-0.3, -0.25) is 9.67 Å². The normalized spacial score (nSPS) is 36.2. The molecule has 0 bridgehead atoms. The summed E-state index contributed by atoms with van der Waals surface area (Å²) in [4.78, 5) is 22.4. The maximum absolute atomic E-state index is 6.01. The van der Waals surface area contributed by atoms with Crippen molar-refractivity contribution in [3.05, 3.63) is 18.0 Å². The first-order valence-electron chi connectivity index (χ1n) is 10.7. The Morgan fingerprint density at radius 3 is 2.76 bits per heavy atom. The monoisotopic (exact) mass is 393 g/mol. The number of guanidine groups is 1. The molecule has 5 aliphatic rings. The van der Waals surface area contributed by atoms with Gasteiger partial charge in [-0.05, 0) is 32.6 Å². The molecule has 3 unspecified atom stereocenters. The number of morpholine rings is 1. The average molecular weight is 393 g/mol. The summed E-state index contributed by atoms with van der Waals surface area (Å²) in [6, 6.07) is 0.196. The fourth-order valence-electron chi connectivity index (χ4n) is 5.29. The Labute approximate surface area is 170 Å². The lowest BCUT2D eigenvalue weighted by Gasteiger charge is -2.34. The van der Waals surface area contributed by atoms with Gasteiger partial charge in [-0.1, -0.05) is 6.42 Å². The summed E-state index contributed by atoms with van der Waals surface area (Å²) in [5.74, 6) is 2.88. The number of ether oxygens (including phenoxy) is 1. The number of hydrogen-bond donors (Lipinski definition) is 0. The molecule has 8 nitrogen and oxygen atoms in total. The van der Waals surface area contributed by atoms with Crippen molar-refractivity contribution >= 4 is 23.2 Å². The summed E-state index contributed by atoms with van der Waals surface area (Å²) in [6.45, 7) is 6.29. The zero-order valence-electron chi connectivity index (χ0n) is 17.2. The topological polar surface area (TPSA) is 79.7 Å². The van der Waals surface area contributed by atoms with Crippen molar-refractivity contribution in [2.45, 2.75) is 50.8 Å².